The number of alkyl halides is 2. The van der Waals surface area contributed by atoms with Crippen molar-refractivity contribution in [3.8, 4) is 0 Å². The fourth-order valence-electron chi connectivity index (χ4n) is 0.690. The molecule has 1 rings (SSSR count). The predicted octanol–water partition coefficient (Wildman–Crippen LogP) is 2.21. The molecular formula is C6H5F2IN2. The smallest absolute Gasteiger partial charge is 0.266 e. The Labute approximate surface area is 75.9 Å². The highest BCUT2D eigenvalue weighted by molar-refractivity contribution is 14.1. The summed E-state index contributed by atoms with van der Waals surface area (Å²) < 4.78 is 24.8. The Kier molecular flexibility index (Phi) is 2.58. The Morgan fingerprint density at radius 3 is 2.45 bits per heavy atom. The molecule has 2 N–H and O–H groups in total. The van der Waals surface area contributed by atoms with Crippen LogP contribution in [0.5, 0.6) is 0 Å². The van der Waals surface area contributed by atoms with E-state index in [1.807, 2.05) is 0 Å². The van der Waals surface area contributed by atoms with Crippen molar-refractivity contribution < 1.29 is 8.78 Å². The average Bonchev–Trinajstić information content (AvgIpc) is 1.85. The molecule has 0 aromatic carbocycles. The molecule has 0 atom stereocenters. The summed E-state index contributed by atoms with van der Waals surface area (Å²) in [6, 6.07) is 0. The number of aromatic nitrogens is 1. The number of anilines is 1. The first-order valence-corrected chi connectivity index (χ1v) is 3.88. The van der Waals surface area contributed by atoms with Crippen molar-refractivity contribution in [1.82, 2.24) is 4.98 Å². The fourth-order valence-corrected chi connectivity index (χ4v) is 1.40. The largest absolute Gasteiger partial charge is 0.397 e. The van der Waals surface area contributed by atoms with Gasteiger partial charge in [0, 0.05) is 9.77 Å². The van der Waals surface area contributed by atoms with Crippen molar-refractivity contribution in [2.45, 2.75) is 6.43 Å². The Balaban J connectivity index is 3.21. The van der Waals surface area contributed by atoms with Crippen LogP contribution in [0.25, 0.3) is 0 Å². The first-order chi connectivity index (χ1) is 5.13. The van der Waals surface area contributed by atoms with E-state index in [4.69, 9.17) is 5.73 Å². The molecule has 0 saturated carbocycles. The molecule has 0 fully saturated rings. The monoisotopic (exact) mass is 270 g/mol. The van der Waals surface area contributed by atoms with Gasteiger partial charge in [-0.1, -0.05) is 0 Å². The van der Waals surface area contributed by atoms with Crippen LogP contribution in [0.15, 0.2) is 12.4 Å². The zero-order valence-electron chi connectivity index (χ0n) is 5.39. The zero-order valence-corrected chi connectivity index (χ0v) is 7.55. The fraction of sp³-hybridized carbons (Fsp3) is 0.167. The maximum atomic E-state index is 12.2. The summed E-state index contributed by atoms with van der Waals surface area (Å²) in [5.41, 5.74) is 5.20. The van der Waals surface area contributed by atoms with E-state index in [0.29, 0.717) is 3.57 Å². The van der Waals surface area contributed by atoms with Gasteiger partial charge in [-0.3, -0.25) is 4.98 Å². The third-order valence-electron chi connectivity index (χ3n) is 1.19. The van der Waals surface area contributed by atoms with Crippen LogP contribution in [0.1, 0.15) is 12.0 Å². The van der Waals surface area contributed by atoms with Gasteiger partial charge in [-0.25, -0.2) is 8.78 Å². The van der Waals surface area contributed by atoms with E-state index in [0.717, 1.165) is 0 Å². The maximum Gasteiger partial charge on any atom is 0.266 e. The highest BCUT2D eigenvalue weighted by atomic mass is 127. The molecule has 0 saturated heterocycles. The van der Waals surface area contributed by atoms with Crippen LogP contribution in [-0.4, -0.2) is 4.98 Å². The van der Waals surface area contributed by atoms with Gasteiger partial charge in [0.2, 0.25) is 0 Å². The lowest BCUT2D eigenvalue weighted by atomic mass is 10.2. The molecule has 1 heterocycles. The molecule has 1 aromatic rings. The Bertz CT molecular complexity index is 245. The number of hydrogen-bond donors (Lipinski definition) is 1. The van der Waals surface area contributed by atoms with Crippen molar-refractivity contribution in [2.75, 3.05) is 5.73 Å². The van der Waals surface area contributed by atoms with Gasteiger partial charge in [-0.2, -0.15) is 0 Å². The number of halogens is 3. The van der Waals surface area contributed by atoms with E-state index in [1.54, 1.807) is 22.6 Å². The third-order valence-corrected chi connectivity index (χ3v) is 2.05. The Morgan fingerprint density at radius 1 is 1.45 bits per heavy atom. The number of pyridine rings is 1. The van der Waals surface area contributed by atoms with E-state index in [2.05, 4.69) is 4.98 Å². The van der Waals surface area contributed by atoms with E-state index < -0.39 is 6.43 Å². The second-order valence-corrected chi connectivity index (χ2v) is 3.09. The first-order valence-electron chi connectivity index (χ1n) is 2.80. The van der Waals surface area contributed by atoms with Gasteiger partial charge in [0.05, 0.1) is 17.4 Å². The van der Waals surface area contributed by atoms with E-state index in [1.165, 1.54) is 12.4 Å². The van der Waals surface area contributed by atoms with Gasteiger partial charge in [0.25, 0.3) is 6.43 Å². The molecule has 60 valence electrons. The molecule has 0 spiro atoms. The standard InChI is InChI=1S/C6H5F2IN2/c7-6(8)5-3(9)1-11-2-4(5)10/h1-2,6H,10H2. The minimum Gasteiger partial charge on any atom is -0.397 e. The van der Waals surface area contributed by atoms with Gasteiger partial charge < -0.3 is 5.73 Å². The summed E-state index contributed by atoms with van der Waals surface area (Å²) in [7, 11) is 0. The molecule has 0 radical (unpaired) electrons. The predicted molar refractivity (Wildman–Crippen MR) is 46.3 cm³/mol. The van der Waals surface area contributed by atoms with Crippen LogP contribution >= 0.6 is 22.6 Å². The lowest BCUT2D eigenvalue weighted by molar-refractivity contribution is 0.151. The molecule has 2 nitrogen and oxygen atoms in total. The summed E-state index contributed by atoms with van der Waals surface area (Å²) in [6.45, 7) is 0. The van der Waals surface area contributed by atoms with Gasteiger partial charge in [-0.05, 0) is 22.6 Å². The Hall–Kier alpha value is -0.460. The van der Waals surface area contributed by atoms with Crippen LogP contribution in [0.2, 0.25) is 0 Å². The third kappa shape index (κ3) is 1.76. The van der Waals surface area contributed by atoms with Crippen molar-refractivity contribution in [3.63, 3.8) is 0 Å². The molecule has 11 heavy (non-hydrogen) atoms. The van der Waals surface area contributed by atoms with Crippen molar-refractivity contribution in [1.29, 1.82) is 0 Å². The van der Waals surface area contributed by atoms with E-state index >= 15 is 0 Å². The van der Waals surface area contributed by atoms with Gasteiger partial charge in [0.15, 0.2) is 0 Å². The van der Waals surface area contributed by atoms with Crippen LogP contribution in [0.4, 0.5) is 14.5 Å². The second kappa shape index (κ2) is 3.29. The maximum absolute atomic E-state index is 12.2. The average molecular weight is 270 g/mol. The minimum atomic E-state index is -2.52. The minimum absolute atomic E-state index is 0.0481. The van der Waals surface area contributed by atoms with Crippen molar-refractivity contribution in [3.05, 3.63) is 21.5 Å². The van der Waals surface area contributed by atoms with Crippen molar-refractivity contribution >= 4 is 28.3 Å². The summed E-state index contributed by atoms with van der Waals surface area (Å²) in [4.78, 5) is 3.66. The zero-order chi connectivity index (χ0) is 8.43. The van der Waals surface area contributed by atoms with Gasteiger partial charge in [-0.15, -0.1) is 0 Å². The summed E-state index contributed by atoms with van der Waals surface area (Å²) in [6.07, 6.45) is 0.0621. The quantitative estimate of drug-likeness (QED) is 0.794. The number of nitrogens with two attached hydrogens (primary N) is 1. The highest BCUT2D eigenvalue weighted by Crippen LogP contribution is 2.28. The van der Waals surface area contributed by atoms with Gasteiger partial charge in [0.1, 0.15) is 0 Å². The highest BCUT2D eigenvalue weighted by Gasteiger charge is 2.14. The summed E-state index contributed by atoms with van der Waals surface area (Å²) >= 11 is 1.78. The molecule has 5 heteroatoms. The second-order valence-electron chi connectivity index (χ2n) is 1.92. The molecule has 0 bridgehead atoms. The van der Waals surface area contributed by atoms with Crippen LogP contribution < -0.4 is 5.73 Å². The normalized spacial score (nSPS) is 10.5. The molecular weight excluding hydrogens is 265 g/mol. The number of nitrogens with zero attached hydrogens (tertiary/aromatic N) is 1. The molecule has 0 aliphatic carbocycles. The molecule has 1 aromatic heterocycles. The molecule has 0 amide bonds. The van der Waals surface area contributed by atoms with E-state index in [9.17, 15) is 8.78 Å². The topological polar surface area (TPSA) is 38.9 Å². The molecule has 0 aliphatic heterocycles. The van der Waals surface area contributed by atoms with Crippen molar-refractivity contribution in [2.24, 2.45) is 0 Å². The van der Waals surface area contributed by atoms with Crippen LogP contribution in [0, 0.1) is 3.57 Å². The SMILES string of the molecule is Nc1cncc(I)c1C(F)F. The van der Waals surface area contributed by atoms with Gasteiger partial charge >= 0.3 is 0 Å². The summed E-state index contributed by atoms with van der Waals surface area (Å²) in [5.74, 6) is 0. The van der Waals surface area contributed by atoms with E-state index in [-0.39, 0.29) is 11.3 Å². The first kappa shape index (κ1) is 8.63. The Morgan fingerprint density at radius 2 is 2.09 bits per heavy atom. The van der Waals surface area contributed by atoms with Crippen LogP contribution in [0.3, 0.4) is 0 Å². The lowest BCUT2D eigenvalue weighted by Crippen LogP contribution is -1.98. The number of hydrogen-bond acceptors (Lipinski definition) is 2. The molecule has 0 aliphatic rings. The number of nitrogen functional groups attached to an aromatic ring is 1. The lowest BCUT2D eigenvalue weighted by Gasteiger charge is -2.04. The molecule has 0 unspecified atom stereocenters. The number of rotatable bonds is 1. The summed E-state index contributed by atoms with van der Waals surface area (Å²) in [5, 5.41) is 0. The van der Waals surface area contributed by atoms with Crippen LogP contribution in [-0.2, 0) is 0 Å².